The lowest BCUT2D eigenvalue weighted by atomic mass is 10.2. The third-order valence-corrected chi connectivity index (χ3v) is 7.47. The second kappa shape index (κ2) is 10.9. The number of aryl methyl sites for hydroxylation is 2. The van der Waals surface area contributed by atoms with Crippen LogP contribution in [0, 0.1) is 13.8 Å². The van der Waals surface area contributed by atoms with E-state index in [0.717, 1.165) is 16.3 Å². The zero-order valence-electron chi connectivity index (χ0n) is 18.1. The van der Waals surface area contributed by atoms with Gasteiger partial charge in [-0.15, -0.1) is 11.3 Å². The summed E-state index contributed by atoms with van der Waals surface area (Å²) in [5, 5.41) is 2.70. The van der Waals surface area contributed by atoms with Crippen molar-refractivity contribution in [2.24, 2.45) is 0 Å². The highest BCUT2D eigenvalue weighted by atomic mass is 32.2. The normalized spacial score (nSPS) is 11.7. The molecule has 0 aliphatic carbocycles. The second-order valence-electron chi connectivity index (χ2n) is 7.33. The number of thiazole rings is 1. The van der Waals surface area contributed by atoms with Gasteiger partial charge in [-0.1, -0.05) is 35.4 Å². The van der Waals surface area contributed by atoms with E-state index in [0.29, 0.717) is 31.9 Å². The molecule has 0 fully saturated rings. The van der Waals surface area contributed by atoms with Crippen LogP contribution in [0.5, 0.6) is 5.75 Å². The summed E-state index contributed by atoms with van der Waals surface area (Å²) in [5.41, 5.74) is 2.90. The Morgan fingerprint density at radius 2 is 1.65 bits per heavy atom. The molecule has 6 nitrogen and oxygen atoms in total. The van der Waals surface area contributed by atoms with E-state index in [2.05, 4.69) is 4.98 Å². The molecule has 31 heavy (non-hydrogen) atoms. The first kappa shape index (κ1) is 23.4. The SMILES string of the molecule is COCCCN(Cc1csc(COc2ccc(C)cc2)n1)S(=O)(=O)c1ccc(C)cc1. The maximum Gasteiger partial charge on any atom is 0.243 e. The molecule has 0 saturated heterocycles. The number of rotatable bonds is 11. The summed E-state index contributed by atoms with van der Waals surface area (Å²) >= 11 is 1.47. The molecule has 0 unspecified atom stereocenters. The van der Waals surface area contributed by atoms with Crippen molar-refractivity contribution in [2.45, 2.75) is 38.3 Å². The molecular weight excluding hydrogens is 432 g/mol. The summed E-state index contributed by atoms with van der Waals surface area (Å²) in [6.45, 7) is 5.37. The van der Waals surface area contributed by atoms with E-state index in [1.807, 2.05) is 55.6 Å². The molecule has 3 rings (SSSR count). The number of sulfonamides is 1. The van der Waals surface area contributed by atoms with E-state index in [-0.39, 0.29) is 11.4 Å². The maximum absolute atomic E-state index is 13.2. The van der Waals surface area contributed by atoms with E-state index in [4.69, 9.17) is 9.47 Å². The molecule has 0 saturated carbocycles. The minimum absolute atomic E-state index is 0.209. The molecule has 0 amide bonds. The van der Waals surface area contributed by atoms with Crippen molar-refractivity contribution < 1.29 is 17.9 Å². The van der Waals surface area contributed by atoms with Crippen molar-refractivity contribution in [3.63, 3.8) is 0 Å². The fourth-order valence-electron chi connectivity index (χ4n) is 2.98. The van der Waals surface area contributed by atoms with Gasteiger partial charge in [-0.3, -0.25) is 0 Å². The number of ether oxygens (including phenoxy) is 2. The van der Waals surface area contributed by atoms with Crippen molar-refractivity contribution in [3.05, 3.63) is 75.7 Å². The molecule has 166 valence electrons. The van der Waals surface area contributed by atoms with Crippen molar-refractivity contribution >= 4 is 21.4 Å². The molecule has 0 N–H and O–H groups in total. The lowest BCUT2D eigenvalue weighted by molar-refractivity contribution is 0.186. The first-order chi connectivity index (χ1) is 14.9. The predicted octanol–water partition coefficient (Wildman–Crippen LogP) is 4.57. The molecule has 0 bridgehead atoms. The van der Waals surface area contributed by atoms with Crippen LogP contribution >= 0.6 is 11.3 Å². The third-order valence-electron chi connectivity index (χ3n) is 4.74. The van der Waals surface area contributed by atoms with E-state index in [1.54, 1.807) is 19.2 Å². The van der Waals surface area contributed by atoms with Gasteiger partial charge >= 0.3 is 0 Å². The number of methoxy groups -OCH3 is 1. The maximum atomic E-state index is 13.2. The highest BCUT2D eigenvalue weighted by Crippen LogP contribution is 2.21. The average Bonchev–Trinajstić information content (AvgIpc) is 3.20. The minimum atomic E-state index is -3.64. The highest BCUT2D eigenvalue weighted by Gasteiger charge is 2.25. The lowest BCUT2D eigenvalue weighted by Gasteiger charge is -2.21. The van der Waals surface area contributed by atoms with Crippen LogP contribution in [0.4, 0.5) is 0 Å². The fraction of sp³-hybridized carbons (Fsp3) is 0.348. The van der Waals surface area contributed by atoms with Crippen molar-refractivity contribution in [1.29, 1.82) is 0 Å². The first-order valence-corrected chi connectivity index (χ1v) is 12.4. The Balaban J connectivity index is 1.70. The van der Waals surface area contributed by atoms with Gasteiger partial charge in [-0.25, -0.2) is 13.4 Å². The predicted molar refractivity (Wildman–Crippen MR) is 123 cm³/mol. The van der Waals surface area contributed by atoms with Gasteiger partial charge in [0.25, 0.3) is 0 Å². The molecule has 1 heterocycles. The number of aromatic nitrogens is 1. The number of hydrogen-bond donors (Lipinski definition) is 0. The number of nitrogens with zero attached hydrogens (tertiary/aromatic N) is 2. The Hall–Kier alpha value is -2.26. The van der Waals surface area contributed by atoms with Crippen LogP contribution in [-0.2, 0) is 27.9 Å². The molecule has 0 aliphatic heterocycles. The van der Waals surface area contributed by atoms with E-state index in [9.17, 15) is 8.42 Å². The summed E-state index contributed by atoms with van der Waals surface area (Å²) in [5.74, 6) is 0.783. The smallest absolute Gasteiger partial charge is 0.243 e. The van der Waals surface area contributed by atoms with Crippen LogP contribution < -0.4 is 4.74 Å². The summed E-state index contributed by atoms with van der Waals surface area (Å²) in [4.78, 5) is 4.87. The minimum Gasteiger partial charge on any atom is -0.486 e. The number of hydrogen-bond acceptors (Lipinski definition) is 6. The van der Waals surface area contributed by atoms with Crippen LogP contribution in [0.15, 0.2) is 58.8 Å². The second-order valence-corrected chi connectivity index (χ2v) is 10.2. The third kappa shape index (κ3) is 6.61. The molecule has 0 spiro atoms. The van der Waals surface area contributed by atoms with Crippen LogP contribution in [-0.4, -0.2) is 38.0 Å². The standard InChI is InChI=1S/C23H28N2O4S2/c1-18-5-9-21(10-6-18)29-16-23-24-20(17-30-23)15-25(13-4-14-28-3)31(26,27)22-11-7-19(2)8-12-22/h5-12,17H,4,13-16H2,1-3H3. The molecule has 3 aromatic rings. The van der Waals surface area contributed by atoms with Gasteiger partial charge in [0.15, 0.2) is 0 Å². The van der Waals surface area contributed by atoms with Crippen molar-refractivity contribution in [3.8, 4) is 5.75 Å². The summed E-state index contributed by atoms with van der Waals surface area (Å²) in [7, 11) is -2.02. The van der Waals surface area contributed by atoms with Gasteiger partial charge < -0.3 is 9.47 Å². The highest BCUT2D eigenvalue weighted by molar-refractivity contribution is 7.89. The first-order valence-electron chi connectivity index (χ1n) is 10.1. The average molecular weight is 461 g/mol. The van der Waals surface area contributed by atoms with Crippen LogP contribution in [0.3, 0.4) is 0 Å². The van der Waals surface area contributed by atoms with Crippen molar-refractivity contribution in [1.82, 2.24) is 9.29 Å². The topological polar surface area (TPSA) is 68.7 Å². The Morgan fingerprint density at radius 1 is 1.00 bits per heavy atom. The van der Waals surface area contributed by atoms with Crippen LogP contribution in [0.2, 0.25) is 0 Å². The van der Waals surface area contributed by atoms with Crippen LogP contribution in [0.1, 0.15) is 28.2 Å². The molecule has 0 aliphatic rings. The lowest BCUT2D eigenvalue weighted by Crippen LogP contribution is -2.32. The summed E-state index contributed by atoms with van der Waals surface area (Å²) < 4.78 is 38.8. The molecule has 8 heteroatoms. The van der Waals surface area contributed by atoms with Gasteiger partial charge in [-0.05, 0) is 44.5 Å². The Kier molecular flexibility index (Phi) is 8.20. The monoisotopic (exact) mass is 460 g/mol. The zero-order valence-corrected chi connectivity index (χ0v) is 19.7. The quantitative estimate of drug-likeness (QED) is 0.392. The van der Waals surface area contributed by atoms with Crippen molar-refractivity contribution in [2.75, 3.05) is 20.3 Å². The zero-order chi connectivity index (χ0) is 22.3. The Labute approximate surface area is 188 Å². The molecule has 1 aromatic heterocycles. The van der Waals surface area contributed by atoms with Gasteiger partial charge in [0.05, 0.1) is 17.1 Å². The van der Waals surface area contributed by atoms with Crippen LogP contribution in [0.25, 0.3) is 0 Å². The van der Waals surface area contributed by atoms with E-state index >= 15 is 0 Å². The number of benzene rings is 2. The van der Waals surface area contributed by atoms with E-state index in [1.165, 1.54) is 21.2 Å². The van der Waals surface area contributed by atoms with Gasteiger partial charge in [-0.2, -0.15) is 4.31 Å². The van der Waals surface area contributed by atoms with E-state index < -0.39 is 10.0 Å². The Bertz CT molecular complexity index is 1060. The molecule has 0 atom stereocenters. The largest absolute Gasteiger partial charge is 0.486 e. The van der Waals surface area contributed by atoms with Gasteiger partial charge in [0.1, 0.15) is 17.4 Å². The molecule has 2 aromatic carbocycles. The molecular formula is C23H28N2O4S2. The fourth-order valence-corrected chi connectivity index (χ4v) is 5.12. The Morgan fingerprint density at radius 3 is 2.29 bits per heavy atom. The molecule has 0 radical (unpaired) electrons. The van der Waals surface area contributed by atoms with Gasteiger partial charge in [0.2, 0.25) is 10.0 Å². The summed E-state index contributed by atoms with van der Waals surface area (Å²) in [6.07, 6.45) is 0.606. The summed E-state index contributed by atoms with van der Waals surface area (Å²) in [6, 6.07) is 14.8. The van der Waals surface area contributed by atoms with Gasteiger partial charge in [0, 0.05) is 25.6 Å².